The van der Waals surface area contributed by atoms with E-state index in [-0.39, 0.29) is 11.8 Å². The Labute approximate surface area is 194 Å². The molecule has 2 aromatic carbocycles. The number of halogens is 1. The van der Waals surface area contributed by atoms with E-state index < -0.39 is 5.97 Å². The van der Waals surface area contributed by atoms with Gasteiger partial charge in [0.1, 0.15) is 0 Å². The number of carbonyl (C=O) groups is 2. The largest absolute Gasteiger partial charge is 0.465 e. The van der Waals surface area contributed by atoms with E-state index in [0.29, 0.717) is 29.5 Å². The molecule has 1 amide bonds. The van der Waals surface area contributed by atoms with Gasteiger partial charge >= 0.3 is 5.97 Å². The number of likely N-dealkylation sites (tertiary alicyclic amines) is 1. The van der Waals surface area contributed by atoms with Crippen molar-refractivity contribution in [3.63, 3.8) is 0 Å². The van der Waals surface area contributed by atoms with Gasteiger partial charge in [0.15, 0.2) is 0 Å². The lowest BCUT2D eigenvalue weighted by Crippen LogP contribution is -2.37. The average Bonchev–Trinajstić information content (AvgIpc) is 3.27. The highest BCUT2D eigenvalue weighted by Crippen LogP contribution is 2.23. The predicted octanol–water partition coefficient (Wildman–Crippen LogP) is 4.14. The maximum Gasteiger partial charge on any atom is 0.337 e. The molecule has 3 aromatic rings. The number of benzene rings is 2. The summed E-state index contributed by atoms with van der Waals surface area (Å²) < 4.78 is 11.1. The van der Waals surface area contributed by atoms with E-state index >= 15 is 0 Å². The van der Waals surface area contributed by atoms with Crippen molar-refractivity contribution in [2.45, 2.75) is 19.4 Å². The van der Waals surface area contributed by atoms with Crippen molar-refractivity contribution >= 4 is 33.5 Å². The predicted molar refractivity (Wildman–Crippen MR) is 122 cm³/mol. The Kier molecular flexibility index (Phi) is 6.96. The van der Waals surface area contributed by atoms with Crippen LogP contribution in [0, 0.1) is 5.92 Å². The van der Waals surface area contributed by atoms with Crippen molar-refractivity contribution < 1.29 is 18.8 Å². The van der Waals surface area contributed by atoms with E-state index in [1.54, 1.807) is 24.3 Å². The van der Waals surface area contributed by atoms with E-state index in [4.69, 9.17) is 9.26 Å². The zero-order valence-corrected chi connectivity index (χ0v) is 19.2. The molecule has 4 rings (SSSR count). The van der Waals surface area contributed by atoms with Gasteiger partial charge in [-0.2, -0.15) is 4.98 Å². The van der Waals surface area contributed by atoms with E-state index in [0.717, 1.165) is 36.0 Å². The number of esters is 1. The number of hydrogen-bond donors (Lipinski definition) is 1. The van der Waals surface area contributed by atoms with Crippen LogP contribution >= 0.6 is 15.9 Å². The smallest absolute Gasteiger partial charge is 0.337 e. The first-order chi connectivity index (χ1) is 15.5. The van der Waals surface area contributed by atoms with E-state index in [1.165, 1.54) is 7.11 Å². The maximum absolute atomic E-state index is 12.7. The van der Waals surface area contributed by atoms with Crippen molar-refractivity contribution in [1.29, 1.82) is 0 Å². The summed E-state index contributed by atoms with van der Waals surface area (Å²) in [5, 5.41) is 6.99. The normalized spacial score (nSPS) is 14.8. The van der Waals surface area contributed by atoms with Crippen molar-refractivity contribution in [3.05, 3.63) is 64.5 Å². The number of carbonyl (C=O) groups excluding carboxylic acids is 2. The third-order valence-corrected chi connectivity index (χ3v) is 5.91. The molecule has 0 atom stereocenters. The van der Waals surface area contributed by atoms with E-state index in [9.17, 15) is 9.59 Å². The Morgan fingerprint density at radius 1 is 1.19 bits per heavy atom. The first kappa shape index (κ1) is 22.2. The quantitative estimate of drug-likeness (QED) is 0.510. The Hall–Kier alpha value is -3.04. The molecule has 0 unspecified atom stereocenters. The number of amides is 1. The molecule has 1 saturated heterocycles. The molecule has 0 aliphatic carbocycles. The van der Waals surface area contributed by atoms with Gasteiger partial charge in [-0.15, -0.1) is 0 Å². The molecule has 0 bridgehead atoms. The molecule has 0 saturated carbocycles. The zero-order valence-electron chi connectivity index (χ0n) is 17.6. The van der Waals surface area contributed by atoms with Gasteiger partial charge in [0.25, 0.3) is 0 Å². The summed E-state index contributed by atoms with van der Waals surface area (Å²) >= 11 is 3.45. The van der Waals surface area contributed by atoms with Gasteiger partial charge in [0.05, 0.1) is 19.2 Å². The molecule has 1 fully saturated rings. The Bertz CT molecular complexity index is 1110. The fourth-order valence-electron chi connectivity index (χ4n) is 3.69. The molecule has 9 heteroatoms. The Balaban J connectivity index is 1.29. The van der Waals surface area contributed by atoms with Gasteiger partial charge in [0.2, 0.25) is 17.6 Å². The van der Waals surface area contributed by atoms with Crippen LogP contribution in [0.3, 0.4) is 0 Å². The third kappa shape index (κ3) is 5.41. The highest BCUT2D eigenvalue weighted by Gasteiger charge is 2.26. The van der Waals surface area contributed by atoms with Crippen LogP contribution in [0.1, 0.15) is 29.1 Å². The SMILES string of the molecule is COC(=O)c1cccc(NC(=O)C2CCN(Cc3nc(-c4cccc(Br)c4)no3)CC2)c1. The molecule has 2 heterocycles. The molecule has 166 valence electrons. The number of ether oxygens (including phenoxy) is 1. The molecular formula is C23H23BrN4O4. The van der Waals surface area contributed by atoms with Crippen molar-refractivity contribution in [1.82, 2.24) is 15.0 Å². The molecule has 0 spiro atoms. The first-order valence-corrected chi connectivity index (χ1v) is 11.1. The number of piperidine rings is 1. The van der Waals surface area contributed by atoms with Gasteiger partial charge in [-0.3, -0.25) is 9.69 Å². The third-order valence-electron chi connectivity index (χ3n) is 5.42. The minimum Gasteiger partial charge on any atom is -0.465 e. The number of methoxy groups -OCH3 is 1. The summed E-state index contributed by atoms with van der Waals surface area (Å²) in [4.78, 5) is 31.1. The lowest BCUT2D eigenvalue weighted by Gasteiger charge is -2.30. The average molecular weight is 499 g/mol. The highest BCUT2D eigenvalue weighted by atomic mass is 79.9. The summed E-state index contributed by atoms with van der Waals surface area (Å²) in [6.45, 7) is 2.07. The van der Waals surface area contributed by atoms with Crippen LogP contribution in [0.5, 0.6) is 0 Å². The number of aromatic nitrogens is 2. The lowest BCUT2D eigenvalue weighted by atomic mass is 9.95. The first-order valence-electron chi connectivity index (χ1n) is 10.3. The maximum atomic E-state index is 12.7. The second-order valence-electron chi connectivity index (χ2n) is 7.63. The number of nitrogens with one attached hydrogen (secondary N) is 1. The second-order valence-corrected chi connectivity index (χ2v) is 8.55. The van der Waals surface area contributed by atoms with Crippen LogP contribution in [-0.4, -0.2) is 47.1 Å². The number of anilines is 1. The van der Waals surface area contributed by atoms with Crippen LogP contribution in [0.2, 0.25) is 0 Å². The number of hydrogen-bond acceptors (Lipinski definition) is 7. The van der Waals surface area contributed by atoms with Crippen LogP contribution in [-0.2, 0) is 16.1 Å². The number of nitrogens with zero attached hydrogens (tertiary/aromatic N) is 3. The summed E-state index contributed by atoms with van der Waals surface area (Å²) in [6, 6.07) is 14.5. The molecule has 1 aliphatic rings. The van der Waals surface area contributed by atoms with Crippen LogP contribution in [0.4, 0.5) is 5.69 Å². The minimum absolute atomic E-state index is 0.0404. The molecule has 8 nitrogen and oxygen atoms in total. The Morgan fingerprint density at radius 3 is 2.72 bits per heavy atom. The van der Waals surface area contributed by atoms with Gasteiger partial charge in [0, 0.05) is 21.6 Å². The van der Waals surface area contributed by atoms with Crippen LogP contribution in [0.25, 0.3) is 11.4 Å². The summed E-state index contributed by atoms with van der Waals surface area (Å²) in [7, 11) is 1.33. The zero-order chi connectivity index (χ0) is 22.5. The summed E-state index contributed by atoms with van der Waals surface area (Å²) in [5.41, 5.74) is 1.88. The lowest BCUT2D eigenvalue weighted by molar-refractivity contribution is -0.121. The molecule has 1 N–H and O–H groups in total. The molecule has 1 aliphatic heterocycles. The number of rotatable bonds is 6. The molecule has 32 heavy (non-hydrogen) atoms. The van der Waals surface area contributed by atoms with Crippen molar-refractivity contribution in [2.75, 3.05) is 25.5 Å². The summed E-state index contributed by atoms with van der Waals surface area (Å²) in [5.74, 6) is 0.556. The van der Waals surface area contributed by atoms with Gasteiger partial charge in [-0.25, -0.2) is 4.79 Å². The van der Waals surface area contributed by atoms with Gasteiger partial charge < -0.3 is 14.6 Å². The van der Waals surface area contributed by atoms with E-state index in [1.807, 2.05) is 24.3 Å². The highest BCUT2D eigenvalue weighted by molar-refractivity contribution is 9.10. The Morgan fingerprint density at radius 2 is 1.97 bits per heavy atom. The standard InChI is InChI=1S/C23H23BrN4O4/c1-31-23(30)17-5-3-7-19(13-17)25-22(29)15-8-10-28(11-9-15)14-20-26-21(27-32-20)16-4-2-6-18(24)12-16/h2-7,12-13,15H,8-11,14H2,1H3,(H,25,29). The van der Waals surface area contributed by atoms with E-state index in [2.05, 4.69) is 36.3 Å². The fourth-order valence-corrected chi connectivity index (χ4v) is 4.09. The van der Waals surface area contributed by atoms with Gasteiger partial charge in [-0.1, -0.05) is 39.3 Å². The molecule has 1 aromatic heterocycles. The van der Waals surface area contributed by atoms with Crippen molar-refractivity contribution in [3.8, 4) is 11.4 Å². The molecular weight excluding hydrogens is 476 g/mol. The topological polar surface area (TPSA) is 97.6 Å². The second kappa shape index (κ2) is 10.1. The minimum atomic E-state index is -0.432. The monoisotopic (exact) mass is 498 g/mol. The van der Waals surface area contributed by atoms with Gasteiger partial charge in [-0.05, 0) is 56.3 Å². The van der Waals surface area contributed by atoms with Crippen LogP contribution in [0.15, 0.2) is 57.5 Å². The fraction of sp³-hybridized carbons (Fsp3) is 0.304. The summed E-state index contributed by atoms with van der Waals surface area (Å²) in [6.07, 6.45) is 1.46. The molecule has 0 radical (unpaired) electrons. The van der Waals surface area contributed by atoms with Crippen molar-refractivity contribution in [2.24, 2.45) is 5.92 Å². The van der Waals surface area contributed by atoms with Crippen LogP contribution < -0.4 is 5.32 Å².